The standard InChI is InChI=1S/C19H20N8O5/c1-27(12-8-22-16-14(24-12)15(20)25-19(21)26-16)10-4-2-9(3-5-10)17(30)23-11(18(31)32)6-7-13(28)29/h2-5,8,11H,6-7H2,1H3,(H,23,30)(H,28,29)(H,31,32)(H4,20,21,22,25,26)/t11-/m0/s1. The molecule has 1 aromatic carbocycles. The number of fused-ring (bicyclic) bond motifs is 1. The van der Waals surface area contributed by atoms with Gasteiger partial charge in [-0.25, -0.2) is 14.8 Å². The quantitative estimate of drug-likeness (QED) is 0.322. The largest absolute Gasteiger partial charge is 0.481 e. The van der Waals surface area contributed by atoms with E-state index in [1.807, 2.05) is 0 Å². The number of nitrogens with one attached hydrogen (secondary N) is 1. The molecular weight excluding hydrogens is 420 g/mol. The molecule has 3 aromatic rings. The van der Waals surface area contributed by atoms with Gasteiger partial charge in [-0.3, -0.25) is 9.59 Å². The van der Waals surface area contributed by atoms with Crippen molar-refractivity contribution in [1.82, 2.24) is 25.3 Å². The predicted molar refractivity (Wildman–Crippen MR) is 114 cm³/mol. The fourth-order valence-electron chi connectivity index (χ4n) is 2.83. The molecule has 0 bridgehead atoms. The summed E-state index contributed by atoms with van der Waals surface area (Å²) in [5, 5.41) is 20.2. The highest BCUT2D eigenvalue weighted by atomic mass is 16.4. The maximum Gasteiger partial charge on any atom is 0.326 e. The summed E-state index contributed by atoms with van der Waals surface area (Å²) in [6.07, 6.45) is 0.876. The normalized spacial score (nSPS) is 11.7. The molecule has 3 rings (SSSR count). The Bertz CT molecular complexity index is 1180. The van der Waals surface area contributed by atoms with Crippen molar-refractivity contribution in [3.63, 3.8) is 0 Å². The molecule has 0 spiro atoms. The van der Waals surface area contributed by atoms with Crippen molar-refractivity contribution in [2.24, 2.45) is 0 Å². The van der Waals surface area contributed by atoms with Crippen LogP contribution in [0.2, 0.25) is 0 Å². The van der Waals surface area contributed by atoms with Gasteiger partial charge in [0.1, 0.15) is 6.04 Å². The Morgan fingerprint density at radius 1 is 1.09 bits per heavy atom. The molecule has 0 unspecified atom stereocenters. The number of carboxylic acid groups (broad SMARTS) is 2. The molecule has 13 heteroatoms. The molecule has 0 saturated heterocycles. The number of carboxylic acids is 2. The number of hydrogen-bond acceptors (Lipinski definition) is 10. The van der Waals surface area contributed by atoms with E-state index in [0.29, 0.717) is 17.0 Å². The molecule has 0 aliphatic carbocycles. The van der Waals surface area contributed by atoms with Crippen molar-refractivity contribution in [3.8, 4) is 0 Å². The third kappa shape index (κ3) is 4.95. The van der Waals surface area contributed by atoms with Gasteiger partial charge in [0.25, 0.3) is 5.91 Å². The van der Waals surface area contributed by atoms with Gasteiger partial charge in [0.2, 0.25) is 5.95 Å². The van der Waals surface area contributed by atoms with E-state index in [1.54, 1.807) is 24.1 Å². The maximum atomic E-state index is 12.4. The molecule has 13 nitrogen and oxygen atoms in total. The van der Waals surface area contributed by atoms with Crippen molar-refractivity contribution in [2.75, 3.05) is 23.4 Å². The van der Waals surface area contributed by atoms with E-state index in [2.05, 4.69) is 25.3 Å². The van der Waals surface area contributed by atoms with Gasteiger partial charge in [-0.1, -0.05) is 0 Å². The lowest BCUT2D eigenvalue weighted by Gasteiger charge is -2.19. The van der Waals surface area contributed by atoms with Gasteiger partial charge in [-0.2, -0.15) is 9.97 Å². The van der Waals surface area contributed by atoms with Gasteiger partial charge in [-0.15, -0.1) is 0 Å². The van der Waals surface area contributed by atoms with Gasteiger partial charge in [0.15, 0.2) is 22.8 Å². The molecule has 0 saturated carbocycles. The van der Waals surface area contributed by atoms with Gasteiger partial charge in [0, 0.05) is 24.7 Å². The number of amides is 1. The van der Waals surface area contributed by atoms with E-state index in [0.717, 1.165) is 0 Å². The van der Waals surface area contributed by atoms with Crippen LogP contribution < -0.4 is 21.7 Å². The first-order valence-electron chi connectivity index (χ1n) is 9.30. The molecular formula is C19H20N8O5. The topological polar surface area (TPSA) is 211 Å². The van der Waals surface area contributed by atoms with Crippen LogP contribution in [0, 0.1) is 0 Å². The number of aliphatic carboxylic acids is 2. The number of carbonyl (C=O) groups excluding carboxylic acids is 1. The number of benzene rings is 1. The highest BCUT2D eigenvalue weighted by Crippen LogP contribution is 2.24. The lowest BCUT2D eigenvalue weighted by molar-refractivity contribution is -0.140. The van der Waals surface area contributed by atoms with Crippen molar-refractivity contribution in [2.45, 2.75) is 18.9 Å². The molecule has 1 atom stereocenters. The van der Waals surface area contributed by atoms with Gasteiger partial charge < -0.3 is 31.9 Å². The second kappa shape index (κ2) is 9.07. The summed E-state index contributed by atoms with van der Waals surface area (Å²) in [7, 11) is 1.73. The average molecular weight is 440 g/mol. The van der Waals surface area contributed by atoms with Crippen LogP contribution in [-0.2, 0) is 9.59 Å². The van der Waals surface area contributed by atoms with Crippen LogP contribution in [0.15, 0.2) is 30.5 Å². The first-order valence-corrected chi connectivity index (χ1v) is 9.30. The summed E-state index contributed by atoms with van der Waals surface area (Å²) >= 11 is 0. The highest BCUT2D eigenvalue weighted by molar-refractivity contribution is 5.97. The number of carbonyl (C=O) groups is 3. The van der Waals surface area contributed by atoms with E-state index in [9.17, 15) is 19.5 Å². The number of rotatable bonds is 8. The molecule has 0 aliphatic rings. The smallest absolute Gasteiger partial charge is 0.326 e. The predicted octanol–water partition coefficient (Wildman–Crippen LogP) is 0.400. The van der Waals surface area contributed by atoms with E-state index in [4.69, 9.17) is 16.6 Å². The van der Waals surface area contributed by atoms with Crippen LogP contribution in [0.5, 0.6) is 0 Å². The lowest BCUT2D eigenvalue weighted by Crippen LogP contribution is -2.41. The minimum Gasteiger partial charge on any atom is -0.481 e. The fourth-order valence-corrected chi connectivity index (χ4v) is 2.83. The Morgan fingerprint density at radius 2 is 1.78 bits per heavy atom. The fraction of sp³-hybridized carbons (Fsp3) is 0.211. The molecule has 1 amide bonds. The summed E-state index contributed by atoms with van der Waals surface area (Å²) in [6.45, 7) is 0. The number of anilines is 4. The Balaban J connectivity index is 1.76. The molecule has 0 aliphatic heterocycles. The van der Waals surface area contributed by atoms with Crippen LogP contribution in [0.1, 0.15) is 23.2 Å². The second-order valence-electron chi connectivity index (χ2n) is 6.77. The number of nitrogen functional groups attached to an aromatic ring is 2. The van der Waals surface area contributed by atoms with Crippen LogP contribution in [-0.4, -0.2) is 61.1 Å². The van der Waals surface area contributed by atoms with Gasteiger partial charge in [-0.05, 0) is 30.7 Å². The van der Waals surface area contributed by atoms with Crippen LogP contribution in [0.3, 0.4) is 0 Å². The number of aromatic nitrogens is 4. The Morgan fingerprint density at radius 3 is 2.41 bits per heavy atom. The molecule has 32 heavy (non-hydrogen) atoms. The third-order valence-electron chi connectivity index (χ3n) is 4.55. The van der Waals surface area contributed by atoms with Crippen molar-refractivity contribution in [1.29, 1.82) is 0 Å². The minimum atomic E-state index is -1.31. The summed E-state index contributed by atoms with van der Waals surface area (Å²) in [5.74, 6) is -2.56. The maximum absolute atomic E-state index is 12.4. The minimum absolute atomic E-state index is 0.00707. The van der Waals surface area contributed by atoms with E-state index >= 15 is 0 Å². The molecule has 0 fully saturated rings. The number of hydrogen-bond donors (Lipinski definition) is 5. The lowest BCUT2D eigenvalue weighted by atomic mass is 10.1. The van der Waals surface area contributed by atoms with Gasteiger partial charge >= 0.3 is 11.9 Å². The molecule has 166 valence electrons. The summed E-state index contributed by atoms with van der Waals surface area (Å²) in [5.41, 5.74) is 12.8. The number of nitrogens with two attached hydrogens (primary N) is 2. The van der Waals surface area contributed by atoms with E-state index < -0.39 is 23.9 Å². The summed E-state index contributed by atoms with van der Waals surface area (Å²) in [4.78, 5) is 52.4. The van der Waals surface area contributed by atoms with Crippen molar-refractivity contribution >= 4 is 52.3 Å². The zero-order valence-electron chi connectivity index (χ0n) is 16.9. The Labute approximate surface area is 181 Å². The average Bonchev–Trinajstić information content (AvgIpc) is 2.75. The SMILES string of the molecule is CN(c1ccc(C(=O)N[C@@H](CCC(=O)O)C(=O)O)cc1)c1cnc2nc(N)nc(N)c2n1. The third-order valence-corrected chi connectivity index (χ3v) is 4.55. The molecule has 7 N–H and O–H groups in total. The van der Waals surface area contributed by atoms with Gasteiger partial charge in [0.05, 0.1) is 6.20 Å². The molecule has 0 radical (unpaired) electrons. The van der Waals surface area contributed by atoms with E-state index in [1.165, 1.54) is 18.3 Å². The van der Waals surface area contributed by atoms with Crippen molar-refractivity contribution in [3.05, 3.63) is 36.0 Å². The first-order chi connectivity index (χ1) is 15.2. The molecule has 2 aromatic heterocycles. The van der Waals surface area contributed by atoms with Crippen LogP contribution in [0.4, 0.5) is 23.3 Å². The monoisotopic (exact) mass is 440 g/mol. The first kappa shape index (κ1) is 22.1. The summed E-state index contributed by atoms with van der Waals surface area (Å²) in [6, 6.07) is 4.97. The van der Waals surface area contributed by atoms with Crippen molar-refractivity contribution < 1.29 is 24.6 Å². The second-order valence-corrected chi connectivity index (χ2v) is 6.77. The number of nitrogens with zero attached hydrogens (tertiary/aromatic N) is 5. The Kier molecular flexibility index (Phi) is 6.28. The van der Waals surface area contributed by atoms with Crippen LogP contribution >= 0.6 is 0 Å². The zero-order valence-corrected chi connectivity index (χ0v) is 16.9. The summed E-state index contributed by atoms with van der Waals surface area (Å²) < 4.78 is 0. The molecule has 2 heterocycles. The van der Waals surface area contributed by atoms with E-state index in [-0.39, 0.29) is 35.8 Å². The Hall–Kier alpha value is -4.55. The highest BCUT2D eigenvalue weighted by Gasteiger charge is 2.21. The van der Waals surface area contributed by atoms with Crippen LogP contribution in [0.25, 0.3) is 11.2 Å². The zero-order chi connectivity index (χ0) is 23.4.